The van der Waals surface area contributed by atoms with Crippen LogP contribution in [0.4, 0.5) is 11.1 Å². The molecule has 0 bridgehead atoms. The second kappa shape index (κ2) is 8.10. The number of hydrogen-bond acceptors (Lipinski definition) is 8. The van der Waals surface area contributed by atoms with Crippen molar-refractivity contribution in [2.45, 2.75) is 31.7 Å². The molecule has 164 valence electrons. The average Bonchev–Trinajstić information content (AvgIpc) is 3.58. The quantitative estimate of drug-likeness (QED) is 0.494. The van der Waals surface area contributed by atoms with E-state index in [1.807, 2.05) is 29.6 Å². The predicted octanol–water partition coefficient (Wildman–Crippen LogP) is 3.34. The van der Waals surface area contributed by atoms with E-state index in [1.54, 1.807) is 6.20 Å². The van der Waals surface area contributed by atoms with Crippen molar-refractivity contribution in [3.8, 4) is 0 Å². The first-order valence-corrected chi connectivity index (χ1v) is 11.9. The molecule has 0 aromatic carbocycles. The maximum atomic E-state index is 12.7. The highest BCUT2D eigenvalue weighted by molar-refractivity contribution is 7.17. The zero-order valence-corrected chi connectivity index (χ0v) is 18.4. The van der Waals surface area contributed by atoms with Gasteiger partial charge in [-0.15, -0.1) is 0 Å². The van der Waals surface area contributed by atoms with E-state index in [2.05, 4.69) is 30.2 Å². The van der Waals surface area contributed by atoms with Gasteiger partial charge in [-0.2, -0.15) is 4.98 Å². The third kappa shape index (κ3) is 3.39. The molecule has 1 saturated carbocycles. The second-order valence-electron chi connectivity index (χ2n) is 8.33. The Hall–Kier alpha value is -3.11. The molecule has 0 atom stereocenters. The van der Waals surface area contributed by atoms with Crippen LogP contribution < -0.4 is 10.6 Å². The highest BCUT2D eigenvalue weighted by atomic mass is 32.1. The van der Waals surface area contributed by atoms with Crippen LogP contribution in [0.15, 0.2) is 30.9 Å². The number of pyridine rings is 1. The van der Waals surface area contributed by atoms with Crippen LogP contribution in [-0.4, -0.2) is 61.5 Å². The van der Waals surface area contributed by atoms with E-state index in [0.717, 1.165) is 61.0 Å². The van der Waals surface area contributed by atoms with Crippen LogP contribution >= 0.6 is 11.3 Å². The van der Waals surface area contributed by atoms with Crippen LogP contribution in [0.2, 0.25) is 0 Å². The first-order chi connectivity index (χ1) is 15.8. The van der Waals surface area contributed by atoms with E-state index in [9.17, 15) is 4.79 Å². The summed E-state index contributed by atoms with van der Waals surface area (Å²) in [5.41, 5.74) is 2.03. The van der Waals surface area contributed by atoms with Crippen molar-refractivity contribution in [3.63, 3.8) is 0 Å². The number of anilines is 2. The Morgan fingerprint density at radius 3 is 2.78 bits per heavy atom. The monoisotopic (exact) mass is 448 g/mol. The van der Waals surface area contributed by atoms with Crippen LogP contribution in [0.5, 0.6) is 0 Å². The van der Waals surface area contributed by atoms with Gasteiger partial charge < -0.3 is 14.8 Å². The first kappa shape index (κ1) is 19.6. The van der Waals surface area contributed by atoms with Crippen LogP contribution in [0.25, 0.3) is 21.9 Å². The fraction of sp³-hybridized carbons (Fsp3) is 0.409. The fourth-order valence-electron chi connectivity index (χ4n) is 4.81. The highest BCUT2D eigenvalue weighted by Crippen LogP contribution is 2.37. The van der Waals surface area contributed by atoms with Crippen molar-refractivity contribution in [1.29, 1.82) is 0 Å². The van der Waals surface area contributed by atoms with Gasteiger partial charge in [0.25, 0.3) is 5.91 Å². The Kier molecular flexibility index (Phi) is 4.95. The van der Waals surface area contributed by atoms with Crippen molar-refractivity contribution in [2.75, 3.05) is 31.5 Å². The molecule has 1 saturated heterocycles. The molecule has 4 aromatic rings. The number of amides is 1. The van der Waals surface area contributed by atoms with E-state index >= 15 is 0 Å². The lowest BCUT2D eigenvalue weighted by Crippen LogP contribution is -2.46. The molecule has 5 heterocycles. The van der Waals surface area contributed by atoms with Crippen LogP contribution in [0.3, 0.4) is 0 Å². The molecular formula is C22H24N8OS. The minimum atomic E-state index is 0.0299. The van der Waals surface area contributed by atoms with E-state index < -0.39 is 0 Å². The molecule has 32 heavy (non-hydrogen) atoms. The van der Waals surface area contributed by atoms with Crippen LogP contribution in [0.1, 0.15) is 41.4 Å². The lowest BCUT2D eigenvalue weighted by atomic mass is 10.2. The van der Waals surface area contributed by atoms with Gasteiger partial charge in [0.15, 0.2) is 5.13 Å². The lowest BCUT2D eigenvalue weighted by Gasteiger charge is -2.26. The number of hydrogen-bond donors (Lipinski definition) is 2. The molecule has 10 heteroatoms. The van der Waals surface area contributed by atoms with Crippen molar-refractivity contribution in [1.82, 2.24) is 34.7 Å². The van der Waals surface area contributed by atoms with Crippen molar-refractivity contribution in [3.05, 3.63) is 35.7 Å². The van der Waals surface area contributed by atoms with Gasteiger partial charge in [0.2, 0.25) is 5.95 Å². The second-order valence-corrected chi connectivity index (χ2v) is 9.36. The molecule has 4 aromatic heterocycles. The summed E-state index contributed by atoms with van der Waals surface area (Å²) in [4.78, 5) is 33.4. The van der Waals surface area contributed by atoms with E-state index in [-0.39, 0.29) is 5.91 Å². The number of rotatable bonds is 4. The smallest absolute Gasteiger partial charge is 0.265 e. The maximum Gasteiger partial charge on any atom is 0.265 e. The van der Waals surface area contributed by atoms with E-state index in [0.29, 0.717) is 22.0 Å². The van der Waals surface area contributed by atoms with Gasteiger partial charge in [-0.3, -0.25) is 15.1 Å². The largest absolute Gasteiger partial charge is 0.335 e. The summed E-state index contributed by atoms with van der Waals surface area (Å²) < 4.78 is 2.33. The Morgan fingerprint density at radius 2 is 1.94 bits per heavy atom. The van der Waals surface area contributed by atoms with Gasteiger partial charge in [0, 0.05) is 55.4 Å². The van der Waals surface area contributed by atoms with E-state index in [4.69, 9.17) is 4.98 Å². The molecule has 0 unspecified atom stereocenters. The fourth-order valence-corrected chi connectivity index (χ4v) is 5.59. The van der Waals surface area contributed by atoms with Gasteiger partial charge in [0.1, 0.15) is 10.5 Å². The minimum Gasteiger partial charge on any atom is -0.335 e. The number of aromatic nitrogens is 5. The van der Waals surface area contributed by atoms with Crippen molar-refractivity contribution in [2.24, 2.45) is 0 Å². The summed E-state index contributed by atoms with van der Waals surface area (Å²) in [7, 11) is 0. The van der Waals surface area contributed by atoms with Gasteiger partial charge in [-0.05, 0) is 18.9 Å². The normalized spacial score (nSPS) is 17.4. The summed E-state index contributed by atoms with van der Waals surface area (Å²) in [6, 6.07) is 2.47. The molecule has 6 rings (SSSR count). The summed E-state index contributed by atoms with van der Waals surface area (Å²) in [6.45, 7) is 3.10. The summed E-state index contributed by atoms with van der Waals surface area (Å²) in [5, 5.41) is 9.26. The number of fused-ring (bicyclic) bond motifs is 3. The van der Waals surface area contributed by atoms with Gasteiger partial charge >= 0.3 is 0 Å². The van der Waals surface area contributed by atoms with Gasteiger partial charge in [0.05, 0.1) is 17.9 Å². The van der Waals surface area contributed by atoms with Crippen LogP contribution in [0, 0.1) is 0 Å². The lowest BCUT2D eigenvalue weighted by molar-refractivity contribution is 0.0740. The number of nitrogens with one attached hydrogen (secondary N) is 2. The zero-order chi connectivity index (χ0) is 21.5. The molecule has 0 radical (unpaired) electrons. The van der Waals surface area contributed by atoms with Gasteiger partial charge in [-0.25, -0.2) is 9.97 Å². The summed E-state index contributed by atoms with van der Waals surface area (Å²) in [5.74, 6) is 0.519. The molecule has 1 aliphatic carbocycles. The third-order valence-corrected chi connectivity index (χ3v) is 7.28. The van der Waals surface area contributed by atoms with Crippen molar-refractivity contribution < 1.29 is 4.79 Å². The van der Waals surface area contributed by atoms with Crippen molar-refractivity contribution >= 4 is 50.3 Å². The average molecular weight is 449 g/mol. The molecule has 1 aliphatic heterocycles. The van der Waals surface area contributed by atoms with E-state index in [1.165, 1.54) is 24.2 Å². The Balaban J connectivity index is 1.32. The molecule has 0 spiro atoms. The Labute approximate surface area is 188 Å². The Bertz CT molecular complexity index is 1290. The molecule has 9 nitrogen and oxygen atoms in total. The molecule has 2 N–H and O–H groups in total. The maximum absolute atomic E-state index is 12.7. The molecule has 1 amide bonds. The molecule has 2 fully saturated rings. The standard InChI is InChI=1S/C22H24N8OS/c31-20(29-9-7-23-8-10-29)18-13-26-22(32-18)28-21-25-11-16-15-5-6-24-12-17(15)30(19(16)27-21)14-3-1-2-4-14/h5-6,11-14,23H,1-4,7-10H2,(H,25,26,27,28). The zero-order valence-electron chi connectivity index (χ0n) is 17.6. The SMILES string of the molecule is O=C(c1cnc(Nc2ncc3c4ccncc4n(C4CCCC4)c3n2)s1)N1CCNCC1. The molecule has 2 aliphatic rings. The summed E-state index contributed by atoms with van der Waals surface area (Å²) in [6.07, 6.45) is 12.1. The topological polar surface area (TPSA) is 101 Å². The predicted molar refractivity (Wildman–Crippen MR) is 125 cm³/mol. The van der Waals surface area contributed by atoms with Gasteiger partial charge in [-0.1, -0.05) is 24.2 Å². The number of piperazine rings is 1. The third-order valence-electron chi connectivity index (χ3n) is 6.38. The first-order valence-electron chi connectivity index (χ1n) is 11.1. The number of nitrogens with zero attached hydrogens (tertiary/aromatic N) is 6. The minimum absolute atomic E-state index is 0.0299. The summed E-state index contributed by atoms with van der Waals surface area (Å²) >= 11 is 1.34. The number of carbonyl (C=O) groups is 1. The molecular weight excluding hydrogens is 424 g/mol. The number of thiazole rings is 1. The Morgan fingerprint density at radius 1 is 1.09 bits per heavy atom. The highest BCUT2D eigenvalue weighted by Gasteiger charge is 2.24. The van der Waals surface area contributed by atoms with Crippen LogP contribution in [-0.2, 0) is 0 Å². The number of carbonyl (C=O) groups excluding carboxylic acids is 1.